The summed E-state index contributed by atoms with van der Waals surface area (Å²) in [7, 11) is 3.91. The highest BCUT2D eigenvalue weighted by Gasteiger charge is 2.12. The van der Waals surface area contributed by atoms with Crippen LogP contribution >= 0.6 is 0 Å². The Bertz CT molecular complexity index is 158. The molecule has 0 radical (unpaired) electrons. The van der Waals surface area contributed by atoms with Gasteiger partial charge in [0.15, 0.2) is 0 Å². The molecule has 1 aliphatic rings. The van der Waals surface area contributed by atoms with Gasteiger partial charge < -0.3 is 15.0 Å². The summed E-state index contributed by atoms with van der Waals surface area (Å²) in [6.07, 6.45) is 7.22. The van der Waals surface area contributed by atoms with Crippen molar-refractivity contribution in [3.8, 4) is 0 Å². The molecule has 96 valence electrons. The predicted octanol–water partition coefficient (Wildman–Crippen LogP) is 1.73. The molecule has 16 heavy (non-hydrogen) atoms. The van der Waals surface area contributed by atoms with Gasteiger partial charge >= 0.3 is 0 Å². The SMILES string of the molecule is COCCN(C)CCNCC1CCCCC1. The molecule has 0 bridgehead atoms. The Morgan fingerprint density at radius 2 is 1.94 bits per heavy atom. The topological polar surface area (TPSA) is 24.5 Å². The molecule has 1 rings (SSSR count). The fourth-order valence-corrected chi connectivity index (χ4v) is 2.33. The van der Waals surface area contributed by atoms with Crippen LogP contribution in [0.2, 0.25) is 0 Å². The van der Waals surface area contributed by atoms with E-state index < -0.39 is 0 Å². The van der Waals surface area contributed by atoms with Gasteiger partial charge in [0.1, 0.15) is 0 Å². The zero-order valence-electron chi connectivity index (χ0n) is 11.0. The second kappa shape index (κ2) is 8.97. The van der Waals surface area contributed by atoms with Crippen molar-refractivity contribution in [1.82, 2.24) is 10.2 Å². The molecule has 3 nitrogen and oxygen atoms in total. The Kier molecular flexibility index (Phi) is 7.81. The fraction of sp³-hybridized carbons (Fsp3) is 1.00. The lowest BCUT2D eigenvalue weighted by Crippen LogP contribution is -2.34. The maximum Gasteiger partial charge on any atom is 0.0589 e. The first-order valence-corrected chi connectivity index (χ1v) is 6.71. The standard InChI is InChI=1S/C13H28N2O/c1-15(10-11-16-2)9-8-14-12-13-6-4-3-5-7-13/h13-14H,3-12H2,1-2H3. The van der Waals surface area contributed by atoms with Gasteiger partial charge in [0.2, 0.25) is 0 Å². The number of ether oxygens (including phenoxy) is 1. The minimum absolute atomic E-state index is 0.832. The highest BCUT2D eigenvalue weighted by atomic mass is 16.5. The molecular weight excluding hydrogens is 200 g/mol. The van der Waals surface area contributed by atoms with E-state index in [1.54, 1.807) is 7.11 Å². The van der Waals surface area contributed by atoms with Crippen molar-refractivity contribution in [2.45, 2.75) is 32.1 Å². The number of hydrogen-bond acceptors (Lipinski definition) is 3. The van der Waals surface area contributed by atoms with Crippen molar-refractivity contribution in [3.63, 3.8) is 0 Å². The maximum absolute atomic E-state index is 5.05. The van der Waals surface area contributed by atoms with Gasteiger partial charge in [-0.15, -0.1) is 0 Å². The Labute approximate surface area is 101 Å². The Morgan fingerprint density at radius 1 is 1.19 bits per heavy atom. The van der Waals surface area contributed by atoms with E-state index in [2.05, 4.69) is 17.3 Å². The zero-order valence-corrected chi connectivity index (χ0v) is 11.0. The molecule has 0 aromatic heterocycles. The third kappa shape index (κ3) is 6.46. The maximum atomic E-state index is 5.05. The normalized spacial score (nSPS) is 18.2. The van der Waals surface area contributed by atoms with Crippen molar-refractivity contribution in [1.29, 1.82) is 0 Å². The lowest BCUT2D eigenvalue weighted by molar-refractivity contribution is 0.161. The van der Waals surface area contributed by atoms with Crippen LogP contribution in [0.1, 0.15) is 32.1 Å². The first-order valence-electron chi connectivity index (χ1n) is 6.71. The predicted molar refractivity (Wildman–Crippen MR) is 68.8 cm³/mol. The van der Waals surface area contributed by atoms with Crippen LogP contribution in [0.25, 0.3) is 0 Å². The van der Waals surface area contributed by atoms with Crippen molar-refractivity contribution >= 4 is 0 Å². The van der Waals surface area contributed by atoms with Crippen molar-refractivity contribution in [3.05, 3.63) is 0 Å². The summed E-state index contributed by atoms with van der Waals surface area (Å²) >= 11 is 0. The van der Waals surface area contributed by atoms with Crippen molar-refractivity contribution in [2.24, 2.45) is 5.92 Å². The van der Waals surface area contributed by atoms with Crippen LogP contribution in [0.3, 0.4) is 0 Å². The Balaban J connectivity index is 1.90. The smallest absolute Gasteiger partial charge is 0.0589 e. The van der Waals surface area contributed by atoms with Crippen LogP contribution in [0.5, 0.6) is 0 Å². The van der Waals surface area contributed by atoms with Crippen LogP contribution in [0.15, 0.2) is 0 Å². The van der Waals surface area contributed by atoms with E-state index in [9.17, 15) is 0 Å². The summed E-state index contributed by atoms with van der Waals surface area (Å²) < 4.78 is 5.05. The molecule has 0 amide bonds. The average molecular weight is 228 g/mol. The van der Waals surface area contributed by atoms with Gasteiger partial charge in [0, 0.05) is 26.7 Å². The van der Waals surface area contributed by atoms with Gasteiger partial charge in [-0.25, -0.2) is 0 Å². The van der Waals surface area contributed by atoms with Crippen LogP contribution < -0.4 is 5.32 Å². The number of methoxy groups -OCH3 is 1. The van der Waals surface area contributed by atoms with E-state index in [4.69, 9.17) is 4.74 Å². The summed E-state index contributed by atoms with van der Waals surface area (Å²) in [5.41, 5.74) is 0. The molecule has 1 N–H and O–H groups in total. The number of nitrogens with one attached hydrogen (secondary N) is 1. The molecule has 3 heteroatoms. The monoisotopic (exact) mass is 228 g/mol. The molecule has 0 saturated heterocycles. The Hall–Kier alpha value is -0.120. The third-order valence-electron chi connectivity index (χ3n) is 3.51. The van der Waals surface area contributed by atoms with Crippen LogP contribution in [-0.4, -0.2) is 51.8 Å². The molecular formula is C13H28N2O. The summed E-state index contributed by atoms with van der Waals surface area (Å²) in [6, 6.07) is 0. The van der Waals surface area contributed by atoms with Gasteiger partial charge in [-0.05, 0) is 32.4 Å². The van der Waals surface area contributed by atoms with E-state index in [0.29, 0.717) is 0 Å². The molecule has 0 aromatic carbocycles. The molecule has 0 heterocycles. The van der Waals surface area contributed by atoms with E-state index in [1.165, 1.54) is 38.6 Å². The second-order valence-electron chi connectivity index (χ2n) is 5.00. The molecule has 1 aliphatic carbocycles. The van der Waals surface area contributed by atoms with Gasteiger partial charge in [-0.2, -0.15) is 0 Å². The van der Waals surface area contributed by atoms with Gasteiger partial charge in [-0.1, -0.05) is 19.3 Å². The lowest BCUT2D eigenvalue weighted by Gasteiger charge is -2.22. The molecule has 0 atom stereocenters. The summed E-state index contributed by atoms with van der Waals surface area (Å²) in [5.74, 6) is 0.943. The Morgan fingerprint density at radius 3 is 2.62 bits per heavy atom. The average Bonchev–Trinajstić information content (AvgIpc) is 2.33. The van der Waals surface area contributed by atoms with E-state index in [1.807, 2.05) is 0 Å². The van der Waals surface area contributed by atoms with Crippen molar-refractivity contribution < 1.29 is 4.74 Å². The highest BCUT2D eigenvalue weighted by Crippen LogP contribution is 2.22. The molecule has 0 unspecified atom stereocenters. The minimum atomic E-state index is 0.832. The highest BCUT2D eigenvalue weighted by molar-refractivity contribution is 4.68. The quantitative estimate of drug-likeness (QED) is 0.640. The third-order valence-corrected chi connectivity index (χ3v) is 3.51. The van der Waals surface area contributed by atoms with Gasteiger partial charge in [0.05, 0.1) is 6.61 Å². The number of hydrogen-bond donors (Lipinski definition) is 1. The summed E-state index contributed by atoms with van der Waals surface area (Å²) in [6.45, 7) is 5.31. The fourth-order valence-electron chi connectivity index (χ4n) is 2.33. The van der Waals surface area contributed by atoms with Gasteiger partial charge in [-0.3, -0.25) is 0 Å². The molecule has 1 saturated carbocycles. The summed E-state index contributed by atoms with van der Waals surface area (Å²) in [5, 5.41) is 3.58. The molecule has 1 fully saturated rings. The zero-order chi connectivity index (χ0) is 11.6. The first kappa shape index (κ1) is 13.9. The van der Waals surface area contributed by atoms with Crippen LogP contribution in [-0.2, 0) is 4.74 Å². The van der Waals surface area contributed by atoms with Gasteiger partial charge in [0.25, 0.3) is 0 Å². The van der Waals surface area contributed by atoms with E-state index >= 15 is 0 Å². The lowest BCUT2D eigenvalue weighted by atomic mass is 9.89. The summed E-state index contributed by atoms with van der Waals surface area (Å²) in [4.78, 5) is 2.32. The first-order chi connectivity index (χ1) is 7.83. The molecule has 0 aromatic rings. The van der Waals surface area contributed by atoms with Crippen LogP contribution in [0.4, 0.5) is 0 Å². The number of nitrogens with zero attached hydrogens (tertiary/aromatic N) is 1. The number of rotatable bonds is 8. The molecule has 0 aliphatic heterocycles. The number of likely N-dealkylation sites (N-methyl/N-ethyl adjacent to an activating group) is 1. The van der Waals surface area contributed by atoms with E-state index in [-0.39, 0.29) is 0 Å². The largest absolute Gasteiger partial charge is 0.383 e. The second-order valence-corrected chi connectivity index (χ2v) is 5.00. The van der Waals surface area contributed by atoms with Crippen LogP contribution in [0, 0.1) is 5.92 Å². The minimum Gasteiger partial charge on any atom is -0.383 e. The molecule has 0 spiro atoms. The van der Waals surface area contributed by atoms with Crippen molar-refractivity contribution in [2.75, 3.05) is 46.9 Å². The van der Waals surface area contributed by atoms with E-state index in [0.717, 1.165) is 32.2 Å².